The molecule has 1 aromatic heterocycles. The van der Waals surface area contributed by atoms with Crippen molar-refractivity contribution in [3.8, 4) is 11.3 Å². The van der Waals surface area contributed by atoms with Crippen molar-refractivity contribution in [3.05, 3.63) is 41.7 Å². The van der Waals surface area contributed by atoms with Crippen molar-refractivity contribution in [2.45, 2.75) is 46.0 Å². The van der Waals surface area contributed by atoms with Crippen LogP contribution in [-0.2, 0) is 5.41 Å². The molecular formula is C18H25N3. The maximum Gasteiger partial charge on any atom is 0.136 e. The predicted molar refractivity (Wildman–Crippen MR) is 89.8 cm³/mol. The molecule has 0 aliphatic rings. The minimum Gasteiger partial charge on any atom is -0.373 e. The van der Waals surface area contributed by atoms with Gasteiger partial charge < -0.3 is 5.32 Å². The minimum absolute atomic E-state index is 0.0700. The Balaban J connectivity index is 2.47. The zero-order valence-corrected chi connectivity index (χ0v) is 13.9. The van der Waals surface area contributed by atoms with Gasteiger partial charge in [0.1, 0.15) is 11.6 Å². The summed E-state index contributed by atoms with van der Waals surface area (Å²) in [4.78, 5) is 9.32. The van der Waals surface area contributed by atoms with Crippen LogP contribution in [0, 0.1) is 0 Å². The maximum absolute atomic E-state index is 4.75. The van der Waals surface area contributed by atoms with E-state index in [-0.39, 0.29) is 5.41 Å². The smallest absolute Gasteiger partial charge is 0.136 e. The standard InChI is InChI=1S/C18H25N3/c1-12(2)13-7-9-14(10-8-13)15-11-16(19-6)21-17(20-15)18(3,4)5/h7-12H,1-6H3,(H,19,20,21). The lowest BCUT2D eigenvalue weighted by Gasteiger charge is -2.18. The van der Waals surface area contributed by atoms with E-state index < -0.39 is 0 Å². The van der Waals surface area contributed by atoms with Crippen molar-refractivity contribution >= 4 is 5.82 Å². The second kappa shape index (κ2) is 5.84. The Morgan fingerprint density at radius 2 is 1.62 bits per heavy atom. The SMILES string of the molecule is CNc1cc(-c2ccc(C(C)C)cc2)nc(C(C)(C)C)n1. The van der Waals surface area contributed by atoms with Crippen LogP contribution in [0.5, 0.6) is 0 Å². The largest absolute Gasteiger partial charge is 0.373 e. The summed E-state index contributed by atoms with van der Waals surface area (Å²) in [6, 6.07) is 10.6. The highest BCUT2D eigenvalue weighted by atomic mass is 15.0. The zero-order chi connectivity index (χ0) is 15.6. The van der Waals surface area contributed by atoms with Crippen molar-refractivity contribution < 1.29 is 0 Å². The van der Waals surface area contributed by atoms with Crippen molar-refractivity contribution in [1.82, 2.24) is 9.97 Å². The molecule has 0 spiro atoms. The molecule has 0 radical (unpaired) electrons. The molecule has 0 bridgehead atoms. The van der Waals surface area contributed by atoms with Crippen LogP contribution < -0.4 is 5.32 Å². The molecule has 0 aliphatic carbocycles. The van der Waals surface area contributed by atoms with Gasteiger partial charge in [0.05, 0.1) is 5.69 Å². The van der Waals surface area contributed by atoms with E-state index in [1.807, 2.05) is 13.1 Å². The molecule has 0 atom stereocenters. The van der Waals surface area contributed by atoms with E-state index in [0.717, 1.165) is 22.9 Å². The van der Waals surface area contributed by atoms with E-state index in [1.165, 1.54) is 5.56 Å². The fraction of sp³-hybridized carbons (Fsp3) is 0.444. The molecule has 0 saturated heterocycles. The summed E-state index contributed by atoms with van der Waals surface area (Å²) >= 11 is 0. The first kappa shape index (κ1) is 15.5. The van der Waals surface area contributed by atoms with Crippen LogP contribution in [0.2, 0.25) is 0 Å². The summed E-state index contributed by atoms with van der Waals surface area (Å²) in [5, 5.41) is 3.13. The Morgan fingerprint density at radius 3 is 2.10 bits per heavy atom. The normalized spacial score (nSPS) is 11.8. The number of rotatable bonds is 3. The van der Waals surface area contributed by atoms with Gasteiger partial charge in [-0.25, -0.2) is 9.97 Å². The third kappa shape index (κ3) is 3.60. The average molecular weight is 283 g/mol. The highest BCUT2D eigenvalue weighted by molar-refractivity contribution is 5.63. The fourth-order valence-corrected chi connectivity index (χ4v) is 2.10. The number of hydrogen-bond acceptors (Lipinski definition) is 3. The Hall–Kier alpha value is -1.90. The second-order valence-electron chi connectivity index (χ2n) is 6.74. The van der Waals surface area contributed by atoms with Gasteiger partial charge in [-0.1, -0.05) is 58.9 Å². The Kier molecular flexibility index (Phi) is 4.31. The van der Waals surface area contributed by atoms with Crippen molar-refractivity contribution in [3.63, 3.8) is 0 Å². The van der Waals surface area contributed by atoms with Gasteiger partial charge in [0.15, 0.2) is 0 Å². The van der Waals surface area contributed by atoms with Crippen LogP contribution in [-0.4, -0.2) is 17.0 Å². The van der Waals surface area contributed by atoms with E-state index in [4.69, 9.17) is 4.98 Å². The van der Waals surface area contributed by atoms with E-state index in [9.17, 15) is 0 Å². The molecule has 3 heteroatoms. The molecule has 0 unspecified atom stereocenters. The van der Waals surface area contributed by atoms with Crippen LogP contribution in [0.1, 0.15) is 51.9 Å². The van der Waals surface area contributed by atoms with Gasteiger partial charge in [-0.3, -0.25) is 0 Å². The number of nitrogens with zero attached hydrogens (tertiary/aromatic N) is 2. The van der Waals surface area contributed by atoms with Crippen molar-refractivity contribution in [1.29, 1.82) is 0 Å². The summed E-state index contributed by atoms with van der Waals surface area (Å²) < 4.78 is 0. The summed E-state index contributed by atoms with van der Waals surface area (Å²) in [6.07, 6.45) is 0. The molecule has 0 fully saturated rings. The second-order valence-corrected chi connectivity index (χ2v) is 6.74. The highest BCUT2D eigenvalue weighted by Crippen LogP contribution is 2.26. The summed E-state index contributed by atoms with van der Waals surface area (Å²) in [5.41, 5.74) is 3.37. The van der Waals surface area contributed by atoms with E-state index >= 15 is 0 Å². The molecule has 3 nitrogen and oxygen atoms in total. The van der Waals surface area contributed by atoms with Crippen LogP contribution in [0.25, 0.3) is 11.3 Å². The van der Waals surface area contributed by atoms with Gasteiger partial charge in [-0.15, -0.1) is 0 Å². The lowest BCUT2D eigenvalue weighted by molar-refractivity contribution is 0.547. The first-order chi connectivity index (χ1) is 9.81. The average Bonchev–Trinajstić information content (AvgIpc) is 2.46. The molecule has 112 valence electrons. The van der Waals surface area contributed by atoms with Crippen LogP contribution >= 0.6 is 0 Å². The molecule has 1 N–H and O–H groups in total. The lowest BCUT2D eigenvalue weighted by atomic mass is 9.95. The molecule has 1 aromatic carbocycles. The lowest BCUT2D eigenvalue weighted by Crippen LogP contribution is -2.17. The topological polar surface area (TPSA) is 37.8 Å². The Morgan fingerprint density at radius 1 is 1.00 bits per heavy atom. The molecule has 0 amide bonds. The number of anilines is 1. The number of benzene rings is 1. The fourth-order valence-electron chi connectivity index (χ4n) is 2.10. The molecular weight excluding hydrogens is 258 g/mol. The van der Waals surface area contributed by atoms with Gasteiger partial charge in [0.25, 0.3) is 0 Å². The van der Waals surface area contributed by atoms with Gasteiger partial charge in [-0.05, 0) is 11.5 Å². The van der Waals surface area contributed by atoms with Crippen molar-refractivity contribution in [2.75, 3.05) is 12.4 Å². The quantitative estimate of drug-likeness (QED) is 0.894. The third-order valence-corrected chi connectivity index (χ3v) is 3.53. The van der Waals surface area contributed by atoms with Crippen molar-refractivity contribution in [2.24, 2.45) is 0 Å². The van der Waals surface area contributed by atoms with Crippen LogP contribution in [0.3, 0.4) is 0 Å². The maximum atomic E-state index is 4.75. The molecule has 1 heterocycles. The third-order valence-electron chi connectivity index (χ3n) is 3.53. The molecule has 0 saturated carbocycles. The van der Waals surface area contributed by atoms with E-state index in [2.05, 4.69) is 69.2 Å². The highest BCUT2D eigenvalue weighted by Gasteiger charge is 2.19. The molecule has 2 aromatic rings. The summed E-state index contributed by atoms with van der Waals surface area (Å²) in [6.45, 7) is 10.8. The molecule has 0 aliphatic heterocycles. The summed E-state index contributed by atoms with van der Waals surface area (Å²) in [7, 11) is 1.89. The van der Waals surface area contributed by atoms with Gasteiger partial charge >= 0.3 is 0 Å². The summed E-state index contributed by atoms with van der Waals surface area (Å²) in [5.74, 6) is 2.26. The Bertz CT molecular complexity index is 607. The molecule has 21 heavy (non-hydrogen) atoms. The van der Waals surface area contributed by atoms with Crippen LogP contribution in [0.15, 0.2) is 30.3 Å². The van der Waals surface area contributed by atoms with E-state index in [1.54, 1.807) is 0 Å². The van der Waals surface area contributed by atoms with Crippen LogP contribution in [0.4, 0.5) is 5.82 Å². The number of hydrogen-bond donors (Lipinski definition) is 1. The monoisotopic (exact) mass is 283 g/mol. The van der Waals surface area contributed by atoms with E-state index in [0.29, 0.717) is 5.92 Å². The number of aromatic nitrogens is 2. The molecule has 2 rings (SSSR count). The first-order valence-electron chi connectivity index (χ1n) is 7.49. The predicted octanol–water partition coefficient (Wildman–Crippen LogP) is 4.61. The van der Waals surface area contributed by atoms with Gasteiger partial charge in [0.2, 0.25) is 0 Å². The van der Waals surface area contributed by atoms with Gasteiger partial charge in [-0.2, -0.15) is 0 Å². The number of nitrogens with one attached hydrogen (secondary N) is 1. The Labute approximate surface area is 127 Å². The zero-order valence-electron chi connectivity index (χ0n) is 13.9. The minimum atomic E-state index is -0.0700. The first-order valence-corrected chi connectivity index (χ1v) is 7.49. The van der Waals surface area contributed by atoms with Gasteiger partial charge in [0, 0.05) is 24.1 Å².